The van der Waals surface area contributed by atoms with Crippen molar-refractivity contribution in [3.8, 4) is 5.75 Å². The van der Waals surface area contributed by atoms with Gasteiger partial charge in [0.2, 0.25) is 0 Å². The molecule has 0 radical (unpaired) electrons. The van der Waals surface area contributed by atoms with E-state index in [1.807, 2.05) is 0 Å². The number of carbonyl (C=O) groups excluding carboxylic acids is 1. The molecular weight excluding hydrogens is 465 g/mol. The van der Waals surface area contributed by atoms with E-state index in [1.165, 1.54) is 12.0 Å². The van der Waals surface area contributed by atoms with Crippen LogP contribution in [0.4, 0.5) is 4.39 Å². The van der Waals surface area contributed by atoms with E-state index in [4.69, 9.17) is 25.5 Å². The summed E-state index contributed by atoms with van der Waals surface area (Å²) in [5.74, 6) is 0.481. The lowest BCUT2D eigenvalue weighted by Gasteiger charge is -2.44. The van der Waals surface area contributed by atoms with E-state index in [1.54, 1.807) is 37.4 Å². The topological polar surface area (TPSA) is 97.9 Å². The summed E-state index contributed by atoms with van der Waals surface area (Å²) in [7, 11) is 1.48. The van der Waals surface area contributed by atoms with Gasteiger partial charge in [0.25, 0.3) is 5.91 Å². The molecule has 8 nitrogen and oxygen atoms in total. The molecule has 1 aromatic carbocycles. The second-order valence-corrected chi connectivity index (χ2v) is 9.01. The van der Waals surface area contributed by atoms with Crippen LogP contribution in [0.5, 0.6) is 5.75 Å². The van der Waals surface area contributed by atoms with Gasteiger partial charge in [-0.25, -0.2) is 9.37 Å². The van der Waals surface area contributed by atoms with E-state index in [0.29, 0.717) is 52.6 Å². The van der Waals surface area contributed by atoms with Crippen LogP contribution in [0, 0.1) is 0 Å². The first kappa shape index (κ1) is 24.4. The number of oxazole rings is 1. The van der Waals surface area contributed by atoms with Crippen LogP contribution in [0.1, 0.15) is 35.3 Å². The Morgan fingerprint density at radius 1 is 1.38 bits per heavy atom. The van der Waals surface area contributed by atoms with Gasteiger partial charge in [-0.1, -0.05) is 11.6 Å². The summed E-state index contributed by atoms with van der Waals surface area (Å²) in [4.78, 5) is 23.7. The average molecular weight is 492 g/mol. The molecule has 1 aliphatic heterocycles. The third kappa shape index (κ3) is 5.16. The summed E-state index contributed by atoms with van der Waals surface area (Å²) >= 11 is 6.02. The van der Waals surface area contributed by atoms with Gasteiger partial charge in [-0.05, 0) is 37.6 Å². The zero-order valence-corrected chi connectivity index (χ0v) is 19.8. The van der Waals surface area contributed by atoms with Crippen LogP contribution in [0.15, 0.2) is 34.9 Å². The number of nitrogens with zero attached hydrogens (tertiary/aromatic N) is 3. The number of hydrogen-bond acceptors (Lipinski definition) is 7. The van der Waals surface area contributed by atoms with E-state index < -0.39 is 18.3 Å². The standard InChI is InChI=1S/C24H27ClFN3O5/c1-24(6-8-30)14-29(18(12-26)13-33-24)23(31)15-9-19-22(20(10-15)32-2)34-21(28-19)4-3-17-11-16(25)5-7-27-17/h5,7,9-11,18,30H,3-4,6,8,12-14H2,1-2H3. The smallest absolute Gasteiger partial charge is 0.254 e. The maximum Gasteiger partial charge on any atom is 0.254 e. The minimum atomic E-state index is -0.750. The fourth-order valence-corrected chi connectivity index (χ4v) is 4.27. The Morgan fingerprint density at radius 3 is 2.91 bits per heavy atom. The van der Waals surface area contributed by atoms with Gasteiger partial charge in [-0.2, -0.15) is 0 Å². The van der Waals surface area contributed by atoms with Gasteiger partial charge in [-0.3, -0.25) is 9.78 Å². The molecule has 3 aromatic rings. The zero-order valence-electron chi connectivity index (χ0n) is 19.1. The van der Waals surface area contributed by atoms with E-state index >= 15 is 0 Å². The molecule has 10 heteroatoms. The predicted molar refractivity (Wildman–Crippen MR) is 124 cm³/mol. The number of aryl methyl sites for hydroxylation is 2. The lowest BCUT2D eigenvalue weighted by Crippen LogP contribution is -2.58. The number of methoxy groups -OCH3 is 1. The molecule has 0 saturated carbocycles. The first-order chi connectivity index (χ1) is 16.4. The molecule has 182 valence electrons. The molecule has 1 fully saturated rings. The number of aliphatic hydroxyl groups is 1. The molecule has 1 aliphatic rings. The normalized spacial score (nSPS) is 20.6. The molecule has 34 heavy (non-hydrogen) atoms. The van der Waals surface area contributed by atoms with Crippen LogP contribution < -0.4 is 4.74 Å². The number of aliphatic hydroxyl groups excluding tert-OH is 1. The monoisotopic (exact) mass is 491 g/mol. The number of halogens is 2. The Kier molecular flexibility index (Phi) is 7.35. The number of rotatable bonds is 8. The van der Waals surface area contributed by atoms with E-state index in [-0.39, 0.29) is 25.7 Å². The van der Waals surface area contributed by atoms with Crippen LogP contribution in [0.25, 0.3) is 11.1 Å². The third-order valence-electron chi connectivity index (χ3n) is 5.99. The van der Waals surface area contributed by atoms with Crippen LogP contribution in [0.3, 0.4) is 0 Å². The highest BCUT2D eigenvalue weighted by molar-refractivity contribution is 6.30. The number of benzene rings is 1. The van der Waals surface area contributed by atoms with Crippen molar-refractivity contribution in [2.75, 3.05) is 33.5 Å². The number of alkyl halides is 1. The number of pyridine rings is 1. The minimum absolute atomic E-state index is 0.0593. The average Bonchev–Trinajstić information content (AvgIpc) is 3.25. The molecular formula is C24H27ClFN3O5. The van der Waals surface area contributed by atoms with Gasteiger partial charge in [0, 0.05) is 41.9 Å². The second kappa shape index (κ2) is 10.2. The third-order valence-corrected chi connectivity index (χ3v) is 6.23. The molecule has 1 amide bonds. The van der Waals surface area contributed by atoms with Gasteiger partial charge in [-0.15, -0.1) is 0 Å². The zero-order chi connectivity index (χ0) is 24.3. The Balaban J connectivity index is 1.60. The molecule has 4 rings (SSSR count). The van der Waals surface area contributed by atoms with Crippen molar-refractivity contribution in [2.45, 2.75) is 37.8 Å². The largest absolute Gasteiger partial charge is 0.493 e. The van der Waals surface area contributed by atoms with Crippen molar-refractivity contribution in [1.29, 1.82) is 0 Å². The number of morpholine rings is 1. The van der Waals surface area contributed by atoms with Gasteiger partial charge in [0.05, 0.1) is 31.9 Å². The van der Waals surface area contributed by atoms with Crippen molar-refractivity contribution in [3.63, 3.8) is 0 Å². The molecule has 1 N–H and O–H groups in total. The molecule has 2 atom stereocenters. The Bertz CT molecular complexity index is 1170. The lowest BCUT2D eigenvalue weighted by molar-refractivity contribution is -0.123. The summed E-state index contributed by atoms with van der Waals surface area (Å²) in [5.41, 5.74) is 1.28. The highest BCUT2D eigenvalue weighted by Gasteiger charge is 2.39. The van der Waals surface area contributed by atoms with Crippen molar-refractivity contribution >= 4 is 28.6 Å². The summed E-state index contributed by atoms with van der Waals surface area (Å²) in [5, 5.41) is 9.97. The predicted octanol–water partition coefficient (Wildman–Crippen LogP) is 3.62. The van der Waals surface area contributed by atoms with E-state index in [2.05, 4.69) is 9.97 Å². The first-order valence-electron chi connectivity index (χ1n) is 11.1. The quantitative estimate of drug-likeness (QED) is 0.514. The highest BCUT2D eigenvalue weighted by atomic mass is 35.5. The number of fused-ring (bicyclic) bond motifs is 1. The molecule has 2 unspecified atom stereocenters. The molecule has 0 bridgehead atoms. The second-order valence-electron chi connectivity index (χ2n) is 8.58. The van der Waals surface area contributed by atoms with Gasteiger partial charge < -0.3 is 23.9 Å². The molecule has 1 saturated heterocycles. The molecule has 2 aromatic heterocycles. The van der Waals surface area contributed by atoms with Crippen molar-refractivity contribution in [1.82, 2.24) is 14.9 Å². The van der Waals surface area contributed by atoms with Crippen molar-refractivity contribution in [2.24, 2.45) is 0 Å². The first-order valence-corrected chi connectivity index (χ1v) is 11.4. The van der Waals surface area contributed by atoms with Crippen LogP contribution >= 0.6 is 11.6 Å². The van der Waals surface area contributed by atoms with Crippen LogP contribution in [-0.2, 0) is 17.6 Å². The van der Waals surface area contributed by atoms with Gasteiger partial charge >= 0.3 is 0 Å². The number of aromatic nitrogens is 2. The van der Waals surface area contributed by atoms with E-state index in [9.17, 15) is 14.3 Å². The Morgan fingerprint density at radius 2 is 2.21 bits per heavy atom. The fourth-order valence-electron chi connectivity index (χ4n) is 4.09. The lowest BCUT2D eigenvalue weighted by atomic mass is 9.97. The summed E-state index contributed by atoms with van der Waals surface area (Å²) in [6.07, 6.45) is 3.05. The summed E-state index contributed by atoms with van der Waals surface area (Å²) in [6, 6.07) is 5.99. The number of ether oxygens (including phenoxy) is 2. The van der Waals surface area contributed by atoms with Crippen molar-refractivity contribution < 1.29 is 28.2 Å². The maximum atomic E-state index is 13.7. The maximum absolute atomic E-state index is 13.7. The van der Waals surface area contributed by atoms with Gasteiger partial charge in [0.15, 0.2) is 17.2 Å². The minimum Gasteiger partial charge on any atom is -0.493 e. The van der Waals surface area contributed by atoms with E-state index in [0.717, 1.165) is 5.69 Å². The SMILES string of the molecule is COc1cc(C(=O)N2CC(C)(CCO)OCC2CF)cc2nc(CCc3cc(Cl)ccn3)oc12. The number of carbonyl (C=O) groups is 1. The van der Waals surface area contributed by atoms with Crippen LogP contribution in [0.2, 0.25) is 5.02 Å². The summed E-state index contributed by atoms with van der Waals surface area (Å²) < 4.78 is 30.8. The highest BCUT2D eigenvalue weighted by Crippen LogP contribution is 2.31. The van der Waals surface area contributed by atoms with Gasteiger partial charge in [0.1, 0.15) is 12.2 Å². The summed E-state index contributed by atoms with van der Waals surface area (Å²) in [6.45, 7) is 1.21. The fraction of sp³-hybridized carbons (Fsp3) is 0.458. The molecule has 0 aliphatic carbocycles. The number of amides is 1. The Labute approximate surface area is 201 Å². The molecule has 0 spiro atoms. The van der Waals surface area contributed by atoms with Crippen molar-refractivity contribution in [3.05, 3.63) is 52.6 Å². The van der Waals surface area contributed by atoms with Crippen LogP contribution in [-0.4, -0.2) is 71.1 Å². The molecule has 3 heterocycles. The number of hydrogen-bond donors (Lipinski definition) is 1. The Hall–Kier alpha value is -2.75.